The zero-order valence-corrected chi connectivity index (χ0v) is 18.9. The fourth-order valence-corrected chi connectivity index (χ4v) is 4.47. The average Bonchev–Trinajstić information content (AvgIpc) is 3.39. The van der Waals surface area contributed by atoms with Gasteiger partial charge in [-0.3, -0.25) is 9.25 Å². The van der Waals surface area contributed by atoms with Gasteiger partial charge in [-0.05, 0) is 30.2 Å². The Kier molecular flexibility index (Phi) is 6.89. The van der Waals surface area contributed by atoms with E-state index in [0.717, 1.165) is 28.8 Å². The third-order valence-electron chi connectivity index (χ3n) is 5.05. The molecule has 2 aromatic heterocycles. The van der Waals surface area contributed by atoms with Crippen molar-refractivity contribution in [3.05, 3.63) is 54.2 Å². The lowest BCUT2D eigenvalue weighted by atomic mass is 10.1. The summed E-state index contributed by atoms with van der Waals surface area (Å²) in [6.07, 6.45) is 1.97. The van der Waals surface area contributed by atoms with Crippen molar-refractivity contribution in [1.82, 2.24) is 24.5 Å². The van der Waals surface area contributed by atoms with Gasteiger partial charge < -0.3 is 9.47 Å². The predicted octanol–water partition coefficient (Wildman–Crippen LogP) is 4.65. The first-order valence-corrected chi connectivity index (χ1v) is 11.5. The number of hydrogen-bond donors (Lipinski definition) is 0. The summed E-state index contributed by atoms with van der Waals surface area (Å²) in [5.74, 6) is 2.14. The lowest BCUT2D eigenvalue weighted by molar-refractivity contribution is 0.185. The Bertz CT molecular complexity index is 1150. The molecule has 0 amide bonds. The summed E-state index contributed by atoms with van der Waals surface area (Å²) in [6, 6.07) is 14.9. The van der Waals surface area contributed by atoms with Crippen LogP contribution in [0, 0.1) is 0 Å². The van der Waals surface area contributed by atoms with Crippen molar-refractivity contribution in [1.29, 1.82) is 0 Å². The number of aromatic nitrogens is 5. The van der Waals surface area contributed by atoms with Crippen molar-refractivity contribution >= 4 is 22.5 Å². The Labute approximate surface area is 186 Å². The van der Waals surface area contributed by atoms with E-state index in [1.54, 1.807) is 18.9 Å². The van der Waals surface area contributed by atoms with E-state index in [-0.39, 0.29) is 0 Å². The second-order valence-electron chi connectivity index (χ2n) is 7.01. The Hall–Kier alpha value is -2.84. The number of fused-ring (bicyclic) bond motifs is 1. The van der Waals surface area contributed by atoms with Crippen LogP contribution in [0.1, 0.15) is 19.4 Å². The molecule has 4 rings (SSSR count). The number of rotatable bonds is 10. The van der Waals surface area contributed by atoms with Gasteiger partial charge in [0.1, 0.15) is 5.56 Å². The van der Waals surface area contributed by atoms with Gasteiger partial charge in [-0.25, -0.2) is 0 Å². The number of benzene rings is 2. The van der Waals surface area contributed by atoms with Crippen molar-refractivity contribution in [2.45, 2.75) is 37.8 Å². The van der Waals surface area contributed by atoms with E-state index in [2.05, 4.69) is 62.3 Å². The number of methoxy groups -OCH3 is 1. The molecular formula is C23H27N5O2S. The van der Waals surface area contributed by atoms with Crippen molar-refractivity contribution < 1.29 is 9.47 Å². The summed E-state index contributed by atoms with van der Waals surface area (Å²) in [7, 11) is 1.70. The molecule has 2 heterocycles. The maximum absolute atomic E-state index is 5.77. The summed E-state index contributed by atoms with van der Waals surface area (Å²) in [5, 5.41) is 16.9. The van der Waals surface area contributed by atoms with Crippen LogP contribution in [0.4, 0.5) is 0 Å². The van der Waals surface area contributed by atoms with Gasteiger partial charge in [0.15, 0.2) is 11.0 Å². The zero-order chi connectivity index (χ0) is 21.6. The molecule has 0 unspecified atom stereocenters. The molecule has 0 spiro atoms. The van der Waals surface area contributed by atoms with Crippen LogP contribution in [0.15, 0.2) is 53.8 Å². The van der Waals surface area contributed by atoms with E-state index >= 15 is 0 Å². The lowest BCUT2D eigenvalue weighted by Crippen LogP contribution is -2.08. The highest BCUT2D eigenvalue weighted by molar-refractivity contribution is 7.98. The fraction of sp³-hybridized carbons (Fsp3) is 0.348. The minimum atomic E-state index is 0.544. The quantitative estimate of drug-likeness (QED) is 0.336. The topological polar surface area (TPSA) is 67.0 Å². The number of nitrogens with zero attached hydrogens (tertiary/aromatic N) is 5. The van der Waals surface area contributed by atoms with Crippen LogP contribution in [-0.2, 0) is 23.6 Å². The molecule has 4 aromatic rings. The fourth-order valence-electron chi connectivity index (χ4n) is 3.50. The number of hydrogen-bond acceptors (Lipinski definition) is 6. The summed E-state index contributed by atoms with van der Waals surface area (Å²) in [4.78, 5) is 0. The van der Waals surface area contributed by atoms with Gasteiger partial charge in [-0.1, -0.05) is 54.2 Å². The standard InChI is InChI=1S/C23H27N5O2S/c1-4-27-15-20(22(26-27)30-5-2)21-24-25-23(28(21)13-14-29-3)31-16-18-11-8-10-17-9-6-7-12-19(17)18/h6-12,15H,4-5,13-14,16H2,1-3H3. The molecule has 0 aliphatic heterocycles. The summed E-state index contributed by atoms with van der Waals surface area (Å²) >= 11 is 1.68. The highest BCUT2D eigenvalue weighted by Crippen LogP contribution is 2.32. The Morgan fingerprint density at radius 1 is 1.03 bits per heavy atom. The molecule has 31 heavy (non-hydrogen) atoms. The second-order valence-corrected chi connectivity index (χ2v) is 7.96. The Morgan fingerprint density at radius 3 is 2.68 bits per heavy atom. The smallest absolute Gasteiger partial charge is 0.243 e. The van der Waals surface area contributed by atoms with Gasteiger partial charge >= 0.3 is 0 Å². The first kappa shape index (κ1) is 21.4. The van der Waals surface area contributed by atoms with Crippen LogP contribution < -0.4 is 4.74 Å². The summed E-state index contributed by atoms with van der Waals surface area (Å²) in [5.41, 5.74) is 2.13. The molecule has 0 fully saturated rings. The average molecular weight is 438 g/mol. The number of aryl methyl sites for hydroxylation is 1. The van der Waals surface area contributed by atoms with Crippen molar-refractivity contribution in [2.75, 3.05) is 20.3 Å². The first-order chi connectivity index (χ1) is 15.2. The van der Waals surface area contributed by atoms with E-state index in [1.807, 2.05) is 24.7 Å². The molecule has 0 aliphatic carbocycles. The maximum Gasteiger partial charge on any atom is 0.243 e. The molecule has 0 bridgehead atoms. The Morgan fingerprint density at radius 2 is 1.87 bits per heavy atom. The van der Waals surface area contributed by atoms with E-state index < -0.39 is 0 Å². The van der Waals surface area contributed by atoms with Crippen LogP contribution in [0.3, 0.4) is 0 Å². The third-order valence-corrected chi connectivity index (χ3v) is 6.06. The predicted molar refractivity (Wildman–Crippen MR) is 123 cm³/mol. The molecule has 8 heteroatoms. The molecule has 0 atom stereocenters. The largest absolute Gasteiger partial charge is 0.476 e. The third kappa shape index (κ3) is 4.60. The number of thioether (sulfide) groups is 1. The van der Waals surface area contributed by atoms with Gasteiger partial charge in [0.25, 0.3) is 0 Å². The van der Waals surface area contributed by atoms with Crippen LogP contribution in [-0.4, -0.2) is 44.9 Å². The van der Waals surface area contributed by atoms with Crippen molar-refractivity contribution in [3.8, 4) is 17.3 Å². The normalized spacial score (nSPS) is 11.3. The van der Waals surface area contributed by atoms with Gasteiger partial charge in [0.05, 0.1) is 19.8 Å². The van der Waals surface area contributed by atoms with Crippen molar-refractivity contribution in [2.24, 2.45) is 0 Å². The van der Waals surface area contributed by atoms with Gasteiger partial charge in [0.2, 0.25) is 5.88 Å². The molecule has 0 radical (unpaired) electrons. The lowest BCUT2D eigenvalue weighted by Gasteiger charge is -2.10. The van der Waals surface area contributed by atoms with Crippen LogP contribution in [0.25, 0.3) is 22.2 Å². The molecule has 0 N–H and O–H groups in total. The van der Waals surface area contributed by atoms with E-state index in [1.165, 1.54) is 16.3 Å². The molecule has 0 saturated heterocycles. The van der Waals surface area contributed by atoms with E-state index in [0.29, 0.717) is 25.6 Å². The minimum Gasteiger partial charge on any atom is -0.476 e. The van der Waals surface area contributed by atoms with E-state index in [4.69, 9.17) is 9.47 Å². The molecule has 162 valence electrons. The van der Waals surface area contributed by atoms with Crippen LogP contribution in [0.2, 0.25) is 0 Å². The van der Waals surface area contributed by atoms with Crippen molar-refractivity contribution in [3.63, 3.8) is 0 Å². The minimum absolute atomic E-state index is 0.544. The van der Waals surface area contributed by atoms with Gasteiger partial charge in [-0.15, -0.1) is 15.3 Å². The second kappa shape index (κ2) is 9.98. The zero-order valence-electron chi connectivity index (χ0n) is 18.1. The highest BCUT2D eigenvalue weighted by atomic mass is 32.2. The SMILES string of the molecule is CCOc1nn(CC)cc1-c1nnc(SCc2cccc3ccccc23)n1CCOC. The van der Waals surface area contributed by atoms with Gasteiger partial charge in [-0.2, -0.15) is 0 Å². The Balaban J connectivity index is 1.66. The highest BCUT2D eigenvalue weighted by Gasteiger charge is 2.21. The van der Waals surface area contributed by atoms with E-state index in [9.17, 15) is 0 Å². The monoisotopic (exact) mass is 437 g/mol. The molecule has 0 saturated carbocycles. The molecular weight excluding hydrogens is 410 g/mol. The first-order valence-electron chi connectivity index (χ1n) is 10.5. The summed E-state index contributed by atoms with van der Waals surface area (Å²) in [6.45, 7) is 6.53. The van der Waals surface area contributed by atoms with Crippen LogP contribution in [0.5, 0.6) is 5.88 Å². The number of ether oxygens (including phenoxy) is 2. The summed E-state index contributed by atoms with van der Waals surface area (Å²) < 4.78 is 15.1. The molecule has 7 nitrogen and oxygen atoms in total. The molecule has 0 aliphatic rings. The van der Waals surface area contributed by atoms with Crippen LogP contribution >= 0.6 is 11.8 Å². The maximum atomic E-state index is 5.77. The van der Waals surface area contributed by atoms with Gasteiger partial charge in [0, 0.05) is 25.6 Å². The molecule has 2 aromatic carbocycles.